The van der Waals surface area contributed by atoms with Crippen molar-refractivity contribution in [2.45, 2.75) is 19.9 Å². The number of phenols is 1. The minimum Gasteiger partial charge on any atom is -0.504 e. The molecule has 0 saturated heterocycles. The molecular formula is C24H21FN2O5S. The largest absolute Gasteiger partial charge is 0.504 e. The van der Waals surface area contributed by atoms with Crippen molar-refractivity contribution in [1.29, 1.82) is 0 Å². The van der Waals surface area contributed by atoms with Gasteiger partial charge in [-0.2, -0.15) is 0 Å². The van der Waals surface area contributed by atoms with E-state index < -0.39 is 17.8 Å². The molecule has 0 aliphatic carbocycles. The molecule has 0 bridgehead atoms. The van der Waals surface area contributed by atoms with Gasteiger partial charge in [0.2, 0.25) is 0 Å². The average molecular weight is 469 g/mol. The van der Waals surface area contributed by atoms with E-state index in [4.69, 9.17) is 9.47 Å². The predicted octanol–water partition coefficient (Wildman–Crippen LogP) is 2.65. The van der Waals surface area contributed by atoms with Crippen LogP contribution in [-0.2, 0) is 9.53 Å². The summed E-state index contributed by atoms with van der Waals surface area (Å²) in [7, 11) is 1.44. The maximum absolute atomic E-state index is 13.6. The number of phenolic OH excluding ortho intramolecular Hbond substituents is 1. The first-order valence-electron chi connectivity index (χ1n) is 10.2. The van der Waals surface area contributed by atoms with E-state index >= 15 is 0 Å². The standard InChI is InChI=1S/C24H21FN2O5S/c1-4-32-23(30)20-13(2)26-24-27(21(20)15-6-8-16(25)9-7-15)22(29)19(33-24)12-14-5-10-17(28)18(11-14)31-3/h5-12,21,28H,4H2,1-3H3/b19-12+. The number of rotatable bonds is 5. The number of carbonyl (C=O) groups excluding carboxylic acids is 1. The Morgan fingerprint density at radius 3 is 2.67 bits per heavy atom. The van der Waals surface area contributed by atoms with Gasteiger partial charge < -0.3 is 14.6 Å². The van der Waals surface area contributed by atoms with Crippen LogP contribution in [0.2, 0.25) is 0 Å². The van der Waals surface area contributed by atoms with Crippen LogP contribution in [0.3, 0.4) is 0 Å². The van der Waals surface area contributed by atoms with Crippen LogP contribution in [0.1, 0.15) is 31.0 Å². The Hall–Kier alpha value is -3.72. The van der Waals surface area contributed by atoms with Crippen molar-refractivity contribution in [2.75, 3.05) is 13.7 Å². The summed E-state index contributed by atoms with van der Waals surface area (Å²) in [6.07, 6.45) is 1.66. The van der Waals surface area contributed by atoms with E-state index in [2.05, 4.69) is 4.99 Å². The molecule has 3 aromatic rings. The summed E-state index contributed by atoms with van der Waals surface area (Å²) in [5.41, 5.74) is 1.52. The monoisotopic (exact) mass is 468 g/mol. The average Bonchev–Trinajstić information content (AvgIpc) is 3.09. The van der Waals surface area contributed by atoms with Crippen LogP contribution in [0, 0.1) is 5.82 Å². The minimum atomic E-state index is -0.808. The summed E-state index contributed by atoms with van der Waals surface area (Å²) in [6, 6.07) is 9.59. The number of fused-ring (bicyclic) bond motifs is 1. The maximum Gasteiger partial charge on any atom is 0.338 e. The molecule has 33 heavy (non-hydrogen) atoms. The van der Waals surface area contributed by atoms with Gasteiger partial charge in [-0.15, -0.1) is 0 Å². The Kier molecular flexibility index (Phi) is 6.15. The SMILES string of the molecule is CCOC(=O)C1=C(C)N=c2s/c(=C/c3ccc(O)c(OC)c3)c(=O)n2C1c1ccc(F)cc1. The highest BCUT2D eigenvalue weighted by Gasteiger charge is 2.33. The summed E-state index contributed by atoms with van der Waals surface area (Å²) >= 11 is 1.17. The second-order valence-electron chi connectivity index (χ2n) is 7.29. The molecule has 170 valence electrons. The van der Waals surface area contributed by atoms with E-state index in [1.165, 1.54) is 41.2 Å². The van der Waals surface area contributed by atoms with Crippen LogP contribution in [0.5, 0.6) is 11.5 Å². The van der Waals surface area contributed by atoms with E-state index in [-0.39, 0.29) is 29.2 Å². The quantitative estimate of drug-likeness (QED) is 0.582. The van der Waals surface area contributed by atoms with Crippen LogP contribution in [0.4, 0.5) is 4.39 Å². The number of nitrogens with zero attached hydrogens (tertiary/aromatic N) is 2. The number of methoxy groups -OCH3 is 1. The number of allylic oxidation sites excluding steroid dienone is 1. The first kappa shape index (κ1) is 22.5. The molecule has 2 aromatic carbocycles. The van der Waals surface area contributed by atoms with E-state index in [1.807, 2.05) is 0 Å². The number of thiazole rings is 1. The third-order valence-electron chi connectivity index (χ3n) is 5.20. The van der Waals surface area contributed by atoms with Gasteiger partial charge in [-0.05, 0) is 55.3 Å². The molecule has 1 atom stereocenters. The Morgan fingerprint density at radius 1 is 1.27 bits per heavy atom. The van der Waals surface area contributed by atoms with Gasteiger partial charge in [0.1, 0.15) is 5.82 Å². The van der Waals surface area contributed by atoms with Crippen LogP contribution in [0.15, 0.2) is 63.5 Å². The van der Waals surface area contributed by atoms with Crippen LogP contribution < -0.4 is 19.6 Å². The molecule has 1 aromatic heterocycles. The third-order valence-corrected chi connectivity index (χ3v) is 6.19. The molecule has 0 amide bonds. The lowest BCUT2D eigenvalue weighted by molar-refractivity contribution is -0.139. The van der Waals surface area contributed by atoms with Gasteiger partial charge in [-0.25, -0.2) is 14.2 Å². The smallest absolute Gasteiger partial charge is 0.338 e. The Balaban J connectivity index is 1.94. The number of benzene rings is 2. The topological polar surface area (TPSA) is 90.1 Å². The molecule has 0 radical (unpaired) electrons. The van der Waals surface area contributed by atoms with Gasteiger partial charge in [0.15, 0.2) is 16.3 Å². The van der Waals surface area contributed by atoms with Gasteiger partial charge in [0, 0.05) is 0 Å². The second kappa shape index (κ2) is 9.03. The predicted molar refractivity (Wildman–Crippen MR) is 121 cm³/mol. The molecule has 0 saturated carbocycles. The first-order valence-corrected chi connectivity index (χ1v) is 11.0. The number of carbonyl (C=O) groups is 1. The third kappa shape index (κ3) is 4.19. The van der Waals surface area contributed by atoms with Crippen molar-refractivity contribution in [3.8, 4) is 11.5 Å². The zero-order valence-electron chi connectivity index (χ0n) is 18.2. The van der Waals surface area contributed by atoms with Crippen molar-refractivity contribution in [3.05, 3.63) is 90.4 Å². The normalized spacial score (nSPS) is 15.8. The molecule has 4 rings (SSSR count). The number of halogens is 1. The molecule has 2 heterocycles. The highest BCUT2D eigenvalue weighted by Crippen LogP contribution is 2.31. The van der Waals surface area contributed by atoms with E-state index in [1.54, 1.807) is 44.2 Å². The molecule has 1 aliphatic rings. The molecule has 0 fully saturated rings. The molecule has 1 N–H and O–H groups in total. The van der Waals surface area contributed by atoms with Gasteiger partial charge in [0.25, 0.3) is 5.56 Å². The zero-order chi connectivity index (χ0) is 23.7. The van der Waals surface area contributed by atoms with Gasteiger partial charge in [-0.3, -0.25) is 9.36 Å². The van der Waals surface area contributed by atoms with Gasteiger partial charge >= 0.3 is 5.97 Å². The number of hydrogen-bond donors (Lipinski definition) is 1. The molecular weight excluding hydrogens is 447 g/mol. The Bertz CT molecular complexity index is 1440. The van der Waals surface area contributed by atoms with Gasteiger partial charge in [-0.1, -0.05) is 29.5 Å². The molecule has 7 nitrogen and oxygen atoms in total. The van der Waals surface area contributed by atoms with E-state index in [0.29, 0.717) is 26.2 Å². The summed E-state index contributed by atoms with van der Waals surface area (Å²) in [5.74, 6) is -0.736. The fraction of sp³-hybridized carbons (Fsp3) is 0.208. The van der Waals surface area contributed by atoms with Crippen molar-refractivity contribution < 1.29 is 23.8 Å². The molecule has 9 heteroatoms. The lowest BCUT2D eigenvalue weighted by atomic mass is 9.96. The summed E-state index contributed by atoms with van der Waals surface area (Å²) in [5, 5.41) is 9.83. The van der Waals surface area contributed by atoms with Crippen molar-refractivity contribution in [1.82, 2.24) is 4.57 Å². The van der Waals surface area contributed by atoms with E-state index in [9.17, 15) is 19.1 Å². The summed E-state index contributed by atoms with van der Waals surface area (Å²) < 4.78 is 25.8. The number of esters is 1. The fourth-order valence-corrected chi connectivity index (χ4v) is 4.73. The van der Waals surface area contributed by atoms with E-state index in [0.717, 1.165) is 0 Å². The second-order valence-corrected chi connectivity index (χ2v) is 8.29. The number of ether oxygens (including phenoxy) is 2. The van der Waals surface area contributed by atoms with Gasteiger partial charge in [0.05, 0.1) is 35.6 Å². The number of hydrogen-bond acceptors (Lipinski definition) is 7. The molecule has 1 aliphatic heterocycles. The lowest BCUT2D eigenvalue weighted by Crippen LogP contribution is -2.39. The first-order chi connectivity index (χ1) is 15.8. The lowest BCUT2D eigenvalue weighted by Gasteiger charge is -2.24. The van der Waals surface area contributed by atoms with Crippen LogP contribution in [0.25, 0.3) is 6.08 Å². The fourth-order valence-electron chi connectivity index (χ4n) is 3.69. The number of aromatic nitrogens is 1. The zero-order valence-corrected chi connectivity index (χ0v) is 19.0. The minimum absolute atomic E-state index is 0.0119. The highest BCUT2D eigenvalue weighted by molar-refractivity contribution is 7.07. The number of aromatic hydroxyl groups is 1. The Labute approximate surface area is 192 Å². The summed E-state index contributed by atoms with van der Waals surface area (Å²) in [6.45, 7) is 3.55. The van der Waals surface area contributed by atoms with Crippen LogP contribution >= 0.6 is 11.3 Å². The van der Waals surface area contributed by atoms with Crippen molar-refractivity contribution >= 4 is 23.4 Å². The summed E-state index contributed by atoms with van der Waals surface area (Å²) in [4.78, 5) is 31.2. The molecule has 1 unspecified atom stereocenters. The highest BCUT2D eigenvalue weighted by atomic mass is 32.1. The van der Waals surface area contributed by atoms with Crippen molar-refractivity contribution in [2.24, 2.45) is 4.99 Å². The molecule has 0 spiro atoms. The van der Waals surface area contributed by atoms with Crippen LogP contribution in [-0.4, -0.2) is 29.4 Å². The van der Waals surface area contributed by atoms with Crippen molar-refractivity contribution in [3.63, 3.8) is 0 Å². The Morgan fingerprint density at radius 2 is 2.00 bits per heavy atom. The maximum atomic E-state index is 13.6.